The van der Waals surface area contributed by atoms with Crippen LogP contribution in [0.2, 0.25) is 0 Å². The van der Waals surface area contributed by atoms with E-state index in [1.807, 2.05) is 0 Å². The molecule has 1 aromatic heterocycles. The van der Waals surface area contributed by atoms with E-state index < -0.39 is 0 Å². The number of rotatable bonds is 9. The maximum Gasteiger partial charge on any atom is 0.122 e. The molecular weight excluding hydrogens is 260 g/mol. The Labute approximate surface area is 120 Å². The fourth-order valence-corrected chi connectivity index (χ4v) is 2.96. The first-order valence-corrected chi connectivity index (χ1v) is 7.67. The van der Waals surface area contributed by atoms with Gasteiger partial charge in [0.1, 0.15) is 11.1 Å². The molecule has 0 saturated carbocycles. The van der Waals surface area contributed by atoms with Crippen molar-refractivity contribution in [3.63, 3.8) is 0 Å². The molecule has 1 aromatic rings. The van der Waals surface area contributed by atoms with Crippen molar-refractivity contribution < 1.29 is 9.47 Å². The summed E-state index contributed by atoms with van der Waals surface area (Å²) >= 11 is 1.74. The van der Waals surface area contributed by atoms with Gasteiger partial charge in [0.15, 0.2) is 0 Å². The van der Waals surface area contributed by atoms with Crippen molar-refractivity contribution in [2.75, 3.05) is 14.2 Å². The lowest BCUT2D eigenvalue weighted by Crippen LogP contribution is -2.21. The highest BCUT2D eigenvalue weighted by atomic mass is 32.1. The van der Waals surface area contributed by atoms with Crippen LogP contribution < -0.4 is 5.32 Å². The Hall–Kier alpha value is -0.490. The highest BCUT2D eigenvalue weighted by Gasteiger charge is 2.18. The molecule has 0 radical (unpaired) electrons. The zero-order valence-electron chi connectivity index (χ0n) is 12.7. The van der Waals surface area contributed by atoms with Crippen LogP contribution in [-0.4, -0.2) is 25.2 Å². The Balaban J connectivity index is 2.85. The van der Waals surface area contributed by atoms with Crippen LogP contribution in [0, 0.1) is 0 Å². The summed E-state index contributed by atoms with van der Waals surface area (Å²) in [7, 11) is 3.46. The molecule has 5 heteroatoms. The maximum atomic E-state index is 5.54. The summed E-state index contributed by atoms with van der Waals surface area (Å²) in [6, 6.07) is 0.467. The third-order valence-electron chi connectivity index (χ3n) is 2.86. The number of hydrogen-bond acceptors (Lipinski definition) is 5. The summed E-state index contributed by atoms with van der Waals surface area (Å²) in [5.41, 5.74) is 1.04. The van der Waals surface area contributed by atoms with Crippen molar-refractivity contribution in [2.45, 2.75) is 58.9 Å². The largest absolute Gasteiger partial charge is 0.378 e. The van der Waals surface area contributed by atoms with Gasteiger partial charge in [0, 0.05) is 31.7 Å². The zero-order valence-corrected chi connectivity index (χ0v) is 13.5. The van der Waals surface area contributed by atoms with E-state index in [1.165, 1.54) is 4.88 Å². The summed E-state index contributed by atoms with van der Waals surface area (Å²) in [5.74, 6) is 0. The van der Waals surface area contributed by atoms with Crippen LogP contribution in [0.5, 0.6) is 0 Å². The summed E-state index contributed by atoms with van der Waals surface area (Å²) in [4.78, 5) is 5.95. The molecule has 0 fully saturated rings. The molecule has 1 N–H and O–H groups in total. The van der Waals surface area contributed by atoms with E-state index in [0.29, 0.717) is 12.6 Å². The van der Waals surface area contributed by atoms with E-state index in [1.54, 1.807) is 25.6 Å². The van der Waals surface area contributed by atoms with Gasteiger partial charge < -0.3 is 14.8 Å². The SMILES string of the molecule is CCCC(OC)c1nc(COC)c(CNC(C)C)s1. The molecule has 1 atom stereocenters. The van der Waals surface area contributed by atoms with Crippen LogP contribution in [0.25, 0.3) is 0 Å². The molecule has 1 rings (SSSR count). The molecule has 0 aliphatic heterocycles. The van der Waals surface area contributed by atoms with Gasteiger partial charge in [-0.1, -0.05) is 27.2 Å². The van der Waals surface area contributed by atoms with Crippen molar-refractivity contribution in [3.05, 3.63) is 15.6 Å². The van der Waals surface area contributed by atoms with E-state index in [4.69, 9.17) is 14.5 Å². The number of ether oxygens (including phenoxy) is 2. The smallest absolute Gasteiger partial charge is 0.122 e. The Morgan fingerprint density at radius 2 is 2.05 bits per heavy atom. The fraction of sp³-hybridized carbons (Fsp3) is 0.786. The summed E-state index contributed by atoms with van der Waals surface area (Å²) in [5, 5.41) is 4.50. The number of methoxy groups -OCH3 is 2. The molecule has 0 spiro atoms. The topological polar surface area (TPSA) is 43.4 Å². The quantitative estimate of drug-likeness (QED) is 0.756. The van der Waals surface area contributed by atoms with E-state index in [2.05, 4.69) is 26.1 Å². The number of aromatic nitrogens is 1. The lowest BCUT2D eigenvalue weighted by Gasteiger charge is -2.10. The van der Waals surface area contributed by atoms with Crippen LogP contribution >= 0.6 is 11.3 Å². The van der Waals surface area contributed by atoms with Gasteiger partial charge in [-0.2, -0.15) is 0 Å². The van der Waals surface area contributed by atoms with Crippen LogP contribution in [-0.2, 0) is 22.6 Å². The number of nitrogens with one attached hydrogen (secondary N) is 1. The predicted octanol–water partition coefficient (Wildman–Crippen LogP) is 3.28. The molecule has 4 nitrogen and oxygen atoms in total. The molecule has 0 aliphatic rings. The third-order valence-corrected chi connectivity index (χ3v) is 4.05. The van der Waals surface area contributed by atoms with Gasteiger partial charge in [-0.15, -0.1) is 11.3 Å². The summed E-state index contributed by atoms with van der Waals surface area (Å²) in [6.45, 7) is 7.86. The molecule has 110 valence electrons. The first-order chi connectivity index (χ1) is 9.12. The lowest BCUT2D eigenvalue weighted by atomic mass is 10.2. The molecule has 0 saturated heterocycles. The molecule has 1 heterocycles. The molecule has 0 amide bonds. The third kappa shape index (κ3) is 5.18. The first kappa shape index (κ1) is 16.6. The Bertz CT molecular complexity index is 366. The summed E-state index contributed by atoms with van der Waals surface area (Å²) < 4.78 is 10.8. The summed E-state index contributed by atoms with van der Waals surface area (Å²) in [6.07, 6.45) is 2.21. The van der Waals surface area contributed by atoms with Gasteiger partial charge in [0.25, 0.3) is 0 Å². The first-order valence-electron chi connectivity index (χ1n) is 6.85. The van der Waals surface area contributed by atoms with Crippen molar-refractivity contribution in [2.24, 2.45) is 0 Å². The second-order valence-corrected chi connectivity index (χ2v) is 6.02. The van der Waals surface area contributed by atoms with Crippen LogP contribution in [0.3, 0.4) is 0 Å². The molecule has 0 bridgehead atoms. The molecule has 0 aliphatic carbocycles. The van der Waals surface area contributed by atoms with Gasteiger partial charge in [0.05, 0.1) is 12.3 Å². The molecule has 1 unspecified atom stereocenters. The van der Waals surface area contributed by atoms with Crippen LogP contribution in [0.1, 0.15) is 55.3 Å². The minimum Gasteiger partial charge on any atom is -0.378 e. The minimum absolute atomic E-state index is 0.110. The number of nitrogens with zero attached hydrogens (tertiary/aromatic N) is 1. The van der Waals surface area contributed by atoms with Crippen molar-refractivity contribution in [1.82, 2.24) is 10.3 Å². The van der Waals surface area contributed by atoms with Gasteiger partial charge >= 0.3 is 0 Å². The average molecular weight is 286 g/mol. The minimum atomic E-state index is 0.110. The number of hydrogen-bond donors (Lipinski definition) is 1. The Morgan fingerprint density at radius 3 is 2.58 bits per heavy atom. The normalized spacial score (nSPS) is 13.2. The van der Waals surface area contributed by atoms with E-state index in [9.17, 15) is 0 Å². The van der Waals surface area contributed by atoms with Gasteiger partial charge in [-0.25, -0.2) is 4.98 Å². The monoisotopic (exact) mass is 286 g/mol. The van der Waals surface area contributed by atoms with E-state index in [-0.39, 0.29) is 6.10 Å². The standard InChI is InChI=1S/C14H26N2O2S/c1-6-7-12(18-5)14-16-11(9-17-4)13(19-14)8-15-10(2)3/h10,12,15H,6-9H2,1-5H3. The fourth-order valence-electron chi connectivity index (χ4n) is 1.83. The Kier molecular flexibility index (Phi) is 7.53. The van der Waals surface area contributed by atoms with Crippen molar-refractivity contribution in [3.8, 4) is 0 Å². The van der Waals surface area contributed by atoms with Gasteiger partial charge in [-0.3, -0.25) is 0 Å². The van der Waals surface area contributed by atoms with Gasteiger partial charge in [-0.05, 0) is 6.42 Å². The average Bonchev–Trinajstić information content (AvgIpc) is 2.77. The highest BCUT2D eigenvalue weighted by molar-refractivity contribution is 7.11. The molecule has 0 aromatic carbocycles. The van der Waals surface area contributed by atoms with Crippen molar-refractivity contribution >= 4 is 11.3 Å². The lowest BCUT2D eigenvalue weighted by molar-refractivity contribution is 0.0942. The Morgan fingerprint density at radius 1 is 1.32 bits per heavy atom. The zero-order chi connectivity index (χ0) is 14.3. The van der Waals surface area contributed by atoms with Gasteiger partial charge in [0.2, 0.25) is 0 Å². The molecule has 19 heavy (non-hydrogen) atoms. The van der Waals surface area contributed by atoms with Crippen LogP contribution in [0.15, 0.2) is 0 Å². The number of thiazole rings is 1. The highest BCUT2D eigenvalue weighted by Crippen LogP contribution is 2.29. The predicted molar refractivity (Wildman–Crippen MR) is 79.5 cm³/mol. The van der Waals surface area contributed by atoms with E-state index >= 15 is 0 Å². The van der Waals surface area contributed by atoms with E-state index in [0.717, 1.165) is 30.1 Å². The van der Waals surface area contributed by atoms with Crippen molar-refractivity contribution in [1.29, 1.82) is 0 Å². The molecular formula is C14H26N2O2S. The van der Waals surface area contributed by atoms with Crippen LogP contribution in [0.4, 0.5) is 0 Å². The second-order valence-electron chi connectivity index (χ2n) is 4.90. The second kappa shape index (κ2) is 8.64. The maximum absolute atomic E-state index is 5.54.